The lowest BCUT2D eigenvalue weighted by Gasteiger charge is -2.33. The van der Waals surface area contributed by atoms with Crippen molar-refractivity contribution in [3.8, 4) is 11.5 Å². The molecule has 1 N–H and O–H groups in total. The lowest BCUT2D eigenvalue weighted by atomic mass is 10.0. The van der Waals surface area contributed by atoms with Crippen LogP contribution in [0.25, 0.3) is 32.9 Å². The molecule has 0 bridgehead atoms. The Hall–Kier alpha value is -2.99. The minimum absolute atomic E-state index is 0.0455. The molecule has 1 aliphatic carbocycles. The second-order valence-electron chi connectivity index (χ2n) is 7.75. The zero-order chi connectivity index (χ0) is 18.8. The van der Waals surface area contributed by atoms with E-state index in [2.05, 4.69) is 4.90 Å². The van der Waals surface area contributed by atoms with Crippen molar-refractivity contribution < 1.29 is 18.7 Å². The van der Waals surface area contributed by atoms with Gasteiger partial charge in [0.25, 0.3) is 0 Å². The minimum Gasteiger partial charge on any atom is -0.508 e. The first kappa shape index (κ1) is 16.0. The van der Waals surface area contributed by atoms with E-state index in [0.717, 1.165) is 23.2 Å². The highest BCUT2D eigenvalue weighted by Crippen LogP contribution is 2.40. The first-order valence-corrected chi connectivity index (χ1v) is 9.70. The molecule has 0 amide bonds. The topological polar surface area (TPSA) is 76.0 Å². The number of hydrogen-bond acceptors (Lipinski definition) is 6. The summed E-state index contributed by atoms with van der Waals surface area (Å²) >= 11 is 0. The van der Waals surface area contributed by atoms with Gasteiger partial charge in [-0.25, -0.2) is 4.79 Å². The van der Waals surface area contributed by atoms with Crippen LogP contribution in [0.2, 0.25) is 0 Å². The number of rotatable bonds is 1. The van der Waals surface area contributed by atoms with Crippen LogP contribution in [0.15, 0.2) is 44.0 Å². The van der Waals surface area contributed by atoms with E-state index in [9.17, 15) is 9.90 Å². The summed E-state index contributed by atoms with van der Waals surface area (Å²) in [7, 11) is 0. The summed E-state index contributed by atoms with van der Waals surface area (Å²) in [4.78, 5) is 15.2. The van der Waals surface area contributed by atoms with Gasteiger partial charge >= 0.3 is 5.63 Å². The number of hydrogen-bond donors (Lipinski definition) is 1. The average Bonchev–Trinajstić information content (AvgIpc) is 3.35. The quantitative estimate of drug-likeness (QED) is 0.493. The highest BCUT2D eigenvalue weighted by Gasteiger charge is 2.30. The molecule has 142 valence electrons. The number of phenols is 1. The zero-order valence-corrected chi connectivity index (χ0v) is 15.2. The lowest BCUT2D eigenvalue weighted by molar-refractivity contribution is 0.0587. The fraction of sp³-hybridized carbons (Fsp3) is 0.318. The maximum Gasteiger partial charge on any atom is 0.348 e. The van der Waals surface area contributed by atoms with Crippen LogP contribution in [0.1, 0.15) is 31.2 Å². The van der Waals surface area contributed by atoms with E-state index in [1.54, 1.807) is 12.1 Å². The largest absolute Gasteiger partial charge is 0.508 e. The Morgan fingerprint density at radius 2 is 1.86 bits per heavy atom. The van der Waals surface area contributed by atoms with Gasteiger partial charge in [-0.1, -0.05) is 12.8 Å². The molecule has 6 rings (SSSR count). The number of benzene rings is 2. The van der Waals surface area contributed by atoms with Crippen LogP contribution in [0, 0.1) is 0 Å². The molecule has 1 saturated carbocycles. The van der Waals surface area contributed by atoms with Crippen LogP contribution in [-0.2, 0) is 6.54 Å². The van der Waals surface area contributed by atoms with Crippen molar-refractivity contribution in [3.63, 3.8) is 0 Å². The molecule has 6 heteroatoms. The van der Waals surface area contributed by atoms with Crippen molar-refractivity contribution >= 4 is 32.9 Å². The third-order valence-corrected chi connectivity index (χ3v) is 6.13. The Balaban J connectivity index is 1.63. The second kappa shape index (κ2) is 5.75. The molecule has 2 aromatic carbocycles. The van der Waals surface area contributed by atoms with Crippen LogP contribution in [-0.4, -0.2) is 22.8 Å². The SMILES string of the molecule is O=c1oc2cc(O)ccc2c2oc3ccc4c(c3c12)CN(C1CCCC1)CO4. The molecule has 2 aliphatic rings. The fourth-order valence-electron chi connectivity index (χ4n) is 4.76. The van der Waals surface area contributed by atoms with E-state index >= 15 is 0 Å². The number of aromatic hydroxyl groups is 1. The molecule has 4 aromatic rings. The average molecular weight is 377 g/mol. The van der Waals surface area contributed by atoms with Gasteiger partial charge in [0.05, 0.1) is 5.39 Å². The molecule has 2 aromatic heterocycles. The van der Waals surface area contributed by atoms with Gasteiger partial charge < -0.3 is 18.7 Å². The summed E-state index contributed by atoms with van der Waals surface area (Å²) in [6.07, 6.45) is 4.90. The summed E-state index contributed by atoms with van der Waals surface area (Å²) in [5.74, 6) is 0.846. The van der Waals surface area contributed by atoms with Crippen molar-refractivity contribution in [1.29, 1.82) is 0 Å². The Morgan fingerprint density at radius 1 is 1.00 bits per heavy atom. The zero-order valence-electron chi connectivity index (χ0n) is 15.2. The van der Waals surface area contributed by atoms with Gasteiger partial charge in [0.2, 0.25) is 0 Å². The summed E-state index contributed by atoms with van der Waals surface area (Å²) in [6.45, 7) is 1.31. The molecule has 3 heterocycles. The predicted molar refractivity (Wildman–Crippen MR) is 105 cm³/mol. The second-order valence-corrected chi connectivity index (χ2v) is 7.75. The molecular weight excluding hydrogens is 358 g/mol. The van der Waals surface area contributed by atoms with Crippen LogP contribution < -0.4 is 10.4 Å². The summed E-state index contributed by atoms with van der Waals surface area (Å²) in [6, 6.07) is 9.01. The monoisotopic (exact) mass is 377 g/mol. The van der Waals surface area contributed by atoms with Crippen molar-refractivity contribution in [2.75, 3.05) is 6.73 Å². The summed E-state index contributed by atoms with van der Waals surface area (Å²) < 4.78 is 17.6. The normalized spacial score (nSPS) is 18.1. The maximum atomic E-state index is 12.8. The maximum absolute atomic E-state index is 12.8. The smallest absolute Gasteiger partial charge is 0.348 e. The van der Waals surface area contributed by atoms with E-state index in [1.165, 1.54) is 31.7 Å². The molecule has 0 radical (unpaired) electrons. The molecular formula is C22H19NO5. The number of fused-ring (bicyclic) bond motifs is 7. The van der Waals surface area contributed by atoms with Gasteiger partial charge in [0, 0.05) is 29.6 Å². The van der Waals surface area contributed by atoms with Gasteiger partial charge in [-0.3, -0.25) is 4.90 Å². The fourth-order valence-corrected chi connectivity index (χ4v) is 4.76. The molecule has 1 fully saturated rings. The first-order valence-electron chi connectivity index (χ1n) is 9.70. The number of nitrogens with zero attached hydrogens (tertiary/aromatic N) is 1. The predicted octanol–water partition coefficient (Wildman–Crippen LogP) is 4.49. The first-order chi connectivity index (χ1) is 13.7. The number of furan rings is 1. The molecule has 0 saturated heterocycles. The van der Waals surface area contributed by atoms with Crippen molar-refractivity contribution in [2.24, 2.45) is 0 Å². The van der Waals surface area contributed by atoms with E-state index in [-0.39, 0.29) is 5.75 Å². The highest BCUT2D eigenvalue weighted by atomic mass is 16.5. The van der Waals surface area contributed by atoms with Crippen LogP contribution in [0.5, 0.6) is 11.5 Å². The number of phenolic OH excluding ortho intramolecular Hbond substituents is 1. The van der Waals surface area contributed by atoms with Crippen LogP contribution in [0.3, 0.4) is 0 Å². The third kappa shape index (κ3) is 2.21. The molecule has 28 heavy (non-hydrogen) atoms. The van der Waals surface area contributed by atoms with Crippen LogP contribution in [0.4, 0.5) is 0 Å². The van der Waals surface area contributed by atoms with Crippen molar-refractivity contribution in [2.45, 2.75) is 38.3 Å². The van der Waals surface area contributed by atoms with Crippen molar-refractivity contribution in [1.82, 2.24) is 4.90 Å². The van der Waals surface area contributed by atoms with E-state index < -0.39 is 5.63 Å². The van der Waals surface area contributed by atoms with Gasteiger partial charge in [0.15, 0.2) is 5.58 Å². The van der Waals surface area contributed by atoms with Crippen molar-refractivity contribution in [3.05, 3.63) is 46.3 Å². The Kier molecular flexibility index (Phi) is 3.29. The Labute approximate surface area is 159 Å². The molecule has 0 atom stereocenters. The van der Waals surface area contributed by atoms with E-state index in [1.807, 2.05) is 12.1 Å². The number of ether oxygens (including phenoxy) is 1. The molecule has 0 spiro atoms. The minimum atomic E-state index is -0.460. The summed E-state index contributed by atoms with van der Waals surface area (Å²) in [5.41, 5.74) is 1.98. The van der Waals surface area contributed by atoms with Gasteiger partial charge in [0.1, 0.15) is 34.8 Å². The van der Waals surface area contributed by atoms with E-state index in [0.29, 0.717) is 40.3 Å². The standard InChI is InChI=1S/C22H19NO5/c24-13-5-6-14-18(9-13)28-22(25)20-19-15-10-23(12-3-1-2-4-12)11-26-16(15)7-8-17(19)27-21(14)20/h5-9,12,24H,1-4,10-11H2. The molecule has 6 nitrogen and oxygen atoms in total. The van der Waals surface area contributed by atoms with Gasteiger partial charge in [-0.2, -0.15) is 0 Å². The Morgan fingerprint density at radius 3 is 2.71 bits per heavy atom. The third-order valence-electron chi connectivity index (χ3n) is 6.13. The van der Waals surface area contributed by atoms with E-state index in [4.69, 9.17) is 13.6 Å². The molecule has 1 aliphatic heterocycles. The van der Waals surface area contributed by atoms with Crippen LogP contribution >= 0.6 is 0 Å². The molecule has 0 unspecified atom stereocenters. The summed E-state index contributed by atoms with van der Waals surface area (Å²) in [5, 5.41) is 11.6. The lowest BCUT2D eigenvalue weighted by Crippen LogP contribution is -2.38. The van der Waals surface area contributed by atoms with Gasteiger partial charge in [-0.05, 0) is 37.1 Å². The Bertz CT molecular complexity index is 1300. The highest BCUT2D eigenvalue weighted by molar-refractivity contribution is 6.14. The van der Waals surface area contributed by atoms with Gasteiger partial charge in [-0.15, -0.1) is 0 Å².